The highest BCUT2D eigenvalue weighted by molar-refractivity contribution is 9.10. The summed E-state index contributed by atoms with van der Waals surface area (Å²) < 4.78 is 1.08. The van der Waals surface area contributed by atoms with E-state index in [1.54, 1.807) is 0 Å². The number of benzene rings is 1. The normalized spacial score (nSPS) is 20.6. The molecule has 1 unspecified atom stereocenters. The van der Waals surface area contributed by atoms with E-state index < -0.39 is 0 Å². The minimum Gasteiger partial charge on any atom is -0.240 e. The van der Waals surface area contributed by atoms with Crippen LogP contribution in [-0.4, -0.2) is 5.17 Å². The van der Waals surface area contributed by atoms with Gasteiger partial charge in [-0.1, -0.05) is 34.5 Å². The Labute approximate surface area is 84.6 Å². The van der Waals surface area contributed by atoms with Gasteiger partial charge in [-0.15, -0.1) is 0 Å². The van der Waals surface area contributed by atoms with E-state index in [0.29, 0.717) is 5.17 Å². The number of halogens is 2. The van der Waals surface area contributed by atoms with Crippen molar-refractivity contribution in [1.29, 1.82) is 0 Å². The van der Waals surface area contributed by atoms with Gasteiger partial charge >= 0.3 is 0 Å². The van der Waals surface area contributed by atoms with Gasteiger partial charge < -0.3 is 0 Å². The van der Waals surface area contributed by atoms with E-state index in [0.717, 1.165) is 10.2 Å². The Kier molecular flexibility index (Phi) is 1.97. The SMILES string of the molecule is CC1C(Cl)=Nc2ccc(Br)cc21. The fraction of sp³-hybridized carbons (Fsp3) is 0.222. The molecule has 1 heterocycles. The lowest BCUT2D eigenvalue weighted by Crippen LogP contribution is -1.94. The Morgan fingerprint density at radius 1 is 1.50 bits per heavy atom. The first kappa shape index (κ1) is 8.27. The Morgan fingerprint density at radius 2 is 2.25 bits per heavy atom. The third-order valence-corrected chi connectivity index (χ3v) is 2.95. The average molecular weight is 245 g/mol. The Morgan fingerprint density at radius 3 is 3.00 bits per heavy atom. The second kappa shape index (κ2) is 2.86. The monoisotopic (exact) mass is 243 g/mol. The average Bonchev–Trinajstić information content (AvgIpc) is 2.31. The molecule has 0 saturated heterocycles. The van der Waals surface area contributed by atoms with Crippen molar-refractivity contribution in [3.8, 4) is 0 Å². The van der Waals surface area contributed by atoms with Crippen molar-refractivity contribution in [3.05, 3.63) is 28.2 Å². The zero-order valence-corrected chi connectivity index (χ0v) is 8.85. The van der Waals surface area contributed by atoms with Crippen LogP contribution in [0.15, 0.2) is 27.7 Å². The zero-order valence-electron chi connectivity index (χ0n) is 6.51. The molecule has 1 aromatic carbocycles. The highest BCUT2D eigenvalue weighted by Gasteiger charge is 2.21. The second-order valence-electron chi connectivity index (χ2n) is 2.86. The van der Waals surface area contributed by atoms with Crippen LogP contribution in [0.1, 0.15) is 18.4 Å². The van der Waals surface area contributed by atoms with Gasteiger partial charge in [0.1, 0.15) is 5.17 Å². The number of rotatable bonds is 0. The molecule has 0 bridgehead atoms. The van der Waals surface area contributed by atoms with Gasteiger partial charge in [0, 0.05) is 10.4 Å². The van der Waals surface area contributed by atoms with Crippen LogP contribution < -0.4 is 0 Å². The van der Waals surface area contributed by atoms with Crippen LogP contribution in [0, 0.1) is 0 Å². The Balaban J connectivity index is 2.57. The molecule has 12 heavy (non-hydrogen) atoms. The number of hydrogen-bond acceptors (Lipinski definition) is 1. The maximum atomic E-state index is 5.92. The van der Waals surface area contributed by atoms with Crippen LogP contribution in [0.5, 0.6) is 0 Å². The van der Waals surface area contributed by atoms with Gasteiger partial charge in [-0.3, -0.25) is 0 Å². The molecule has 1 nitrogen and oxygen atoms in total. The van der Waals surface area contributed by atoms with Crippen molar-refractivity contribution >= 4 is 38.4 Å². The summed E-state index contributed by atoms with van der Waals surface area (Å²) in [5, 5.41) is 0.683. The van der Waals surface area contributed by atoms with Gasteiger partial charge in [0.15, 0.2) is 0 Å². The van der Waals surface area contributed by atoms with Gasteiger partial charge in [0.05, 0.1) is 5.69 Å². The van der Waals surface area contributed by atoms with Crippen molar-refractivity contribution in [3.63, 3.8) is 0 Å². The summed E-state index contributed by atoms with van der Waals surface area (Å²) in [6.45, 7) is 2.06. The molecule has 1 aliphatic heterocycles. The van der Waals surface area contributed by atoms with Crippen molar-refractivity contribution in [2.24, 2.45) is 4.99 Å². The molecule has 0 saturated carbocycles. The number of aliphatic imine (C=N–C) groups is 1. The number of fused-ring (bicyclic) bond motifs is 1. The van der Waals surface area contributed by atoms with Crippen LogP contribution >= 0.6 is 27.5 Å². The summed E-state index contributed by atoms with van der Waals surface area (Å²) in [7, 11) is 0. The van der Waals surface area contributed by atoms with Crippen LogP contribution in [0.3, 0.4) is 0 Å². The van der Waals surface area contributed by atoms with E-state index >= 15 is 0 Å². The topological polar surface area (TPSA) is 12.4 Å². The summed E-state index contributed by atoms with van der Waals surface area (Å²) in [6.07, 6.45) is 0. The molecule has 2 rings (SSSR count). The summed E-state index contributed by atoms with van der Waals surface area (Å²) >= 11 is 9.33. The number of nitrogens with zero attached hydrogens (tertiary/aromatic N) is 1. The molecule has 0 aromatic heterocycles. The predicted molar refractivity (Wildman–Crippen MR) is 55.5 cm³/mol. The van der Waals surface area contributed by atoms with Crippen molar-refractivity contribution in [1.82, 2.24) is 0 Å². The molecule has 0 amide bonds. The van der Waals surface area contributed by atoms with E-state index in [-0.39, 0.29) is 5.92 Å². The highest BCUT2D eigenvalue weighted by Crippen LogP contribution is 2.37. The maximum absolute atomic E-state index is 5.92. The zero-order chi connectivity index (χ0) is 8.72. The van der Waals surface area contributed by atoms with Crippen LogP contribution in [0.2, 0.25) is 0 Å². The third kappa shape index (κ3) is 1.19. The van der Waals surface area contributed by atoms with Crippen LogP contribution in [-0.2, 0) is 0 Å². The molecule has 0 spiro atoms. The predicted octanol–water partition coefficient (Wildman–Crippen LogP) is 3.84. The maximum Gasteiger partial charge on any atom is 0.114 e. The number of hydrogen-bond donors (Lipinski definition) is 0. The lowest BCUT2D eigenvalue weighted by atomic mass is 10.0. The lowest BCUT2D eigenvalue weighted by Gasteiger charge is -2.03. The molecule has 0 aliphatic carbocycles. The van der Waals surface area contributed by atoms with Gasteiger partial charge in [0.25, 0.3) is 0 Å². The van der Waals surface area contributed by atoms with E-state index in [1.807, 2.05) is 12.1 Å². The standard InChI is InChI=1S/C9H7BrClN/c1-5-7-4-6(10)2-3-8(7)12-9(5)11/h2-5H,1H3. The summed E-state index contributed by atoms with van der Waals surface area (Å²) in [5.41, 5.74) is 2.20. The van der Waals surface area contributed by atoms with Crippen molar-refractivity contribution in [2.75, 3.05) is 0 Å². The Hall–Kier alpha value is -0.340. The van der Waals surface area contributed by atoms with Crippen LogP contribution in [0.25, 0.3) is 0 Å². The molecule has 0 radical (unpaired) electrons. The largest absolute Gasteiger partial charge is 0.240 e. The molecular weight excluding hydrogens is 237 g/mol. The van der Waals surface area contributed by atoms with Crippen LogP contribution in [0.4, 0.5) is 5.69 Å². The molecule has 1 aromatic rings. The lowest BCUT2D eigenvalue weighted by molar-refractivity contribution is 1.07. The third-order valence-electron chi connectivity index (χ3n) is 2.04. The summed E-state index contributed by atoms with van der Waals surface area (Å²) in [5.74, 6) is 0.249. The molecule has 0 N–H and O–H groups in total. The highest BCUT2D eigenvalue weighted by atomic mass is 79.9. The molecule has 1 aliphatic rings. The fourth-order valence-corrected chi connectivity index (χ4v) is 1.90. The van der Waals surface area contributed by atoms with E-state index in [1.165, 1.54) is 5.56 Å². The van der Waals surface area contributed by atoms with Gasteiger partial charge in [-0.2, -0.15) is 0 Å². The molecule has 62 valence electrons. The molecule has 0 fully saturated rings. The quantitative estimate of drug-likeness (QED) is 0.658. The van der Waals surface area contributed by atoms with Gasteiger partial charge in [-0.05, 0) is 23.8 Å². The fourth-order valence-electron chi connectivity index (χ4n) is 1.31. The first-order valence-electron chi connectivity index (χ1n) is 3.72. The summed E-state index contributed by atoms with van der Waals surface area (Å²) in [6, 6.07) is 6.02. The van der Waals surface area contributed by atoms with Crippen molar-refractivity contribution in [2.45, 2.75) is 12.8 Å². The first-order valence-corrected chi connectivity index (χ1v) is 4.89. The smallest absolute Gasteiger partial charge is 0.114 e. The van der Waals surface area contributed by atoms with Crippen molar-refractivity contribution < 1.29 is 0 Å². The molecule has 1 atom stereocenters. The molecule has 3 heteroatoms. The minimum absolute atomic E-state index is 0.249. The van der Waals surface area contributed by atoms with Gasteiger partial charge in [0.2, 0.25) is 0 Å². The minimum atomic E-state index is 0.249. The van der Waals surface area contributed by atoms with E-state index in [4.69, 9.17) is 11.6 Å². The van der Waals surface area contributed by atoms with E-state index in [2.05, 4.69) is 33.9 Å². The first-order chi connectivity index (χ1) is 5.68. The summed E-state index contributed by atoms with van der Waals surface area (Å²) in [4.78, 5) is 4.24. The van der Waals surface area contributed by atoms with E-state index in [9.17, 15) is 0 Å². The molecular formula is C9H7BrClN. The Bertz CT molecular complexity index is 360. The second-order valence-corrected chi connectivity index (χ2v) is 4.16. The van der Waals surface area contributed by atoms with Gasteiger partial charge in [-0.25, -0.2) is 4.99 Å².